The zero-order valence-corrected chi connectivity index (χ0v) is 21.2. The summed E-state index contributed by atoms with van der Waals surface area (Å²) in [6.07, 6.45) is 5.96. The first-order valence-corrected chi connectivity index (χ1v) is 13.5. The van der Waals surface area contributed by atoms with Crippen molar-refractivity contribution in [3.05, 3.63) is 59.8 Å². The molecular weight excluding hydrogens is 472 g/mol. The first-order chi connectivity index (χ1) is 17.6. The minimum atomic E-state index is -0.103. The lowest BCUT2D eigenvalue weighted by Gasteiger charge is -2.31. The molecule has 186 valence electrons. The molecule has 0 spiro atoms. The number of nitrogens with zero attached hydrogens (tertiary/aromatic N) is 3. The Morgan fingerprint density at radius 3 is 2.64 bits per heavy atom. The van der Waals surface area contributed by atoms with Crippen LogP contribution in [0.5, 0.6) is 0 Å². The summed E-state index contributed by atoms with van der Waals surface area (Å²) in [5.74, 6) is 0.570. The molecule has 2 saturated heterocycles. The van der Waals surface area contributed by atoms with Crippen molar-refractivity contribution in [3.8, 4) is 11.3 Å². The third-order valence-electron chi connectivity index (χ3n) is 7.58. The molecule has 2 aromatic carbocycles. The van der Waals surface area contributed by atoms with Crippen molar-refractivity contribution in [3.63, 3.8) is 0 Å². The predicted octanol–water partition coefficient (Wildman–Crippen LogP) is 4.65. The van der Waals surface area contributed by atoms with Crippen molar-refractivity contribution >= 4 is 38.2 Å². The van der Waals surface area contributed by atoms with Gasteiger partial charge in [0.25, 0.3) is 5.91 Å². The predicted molar refractivity (Wildman–Crippen MR) is 142 cm³/mol. The van der Waals surface area contributed by atoms with E-state index in [9.17, 15) is 9.59 Å². The van der Waals surface area contributed by atoms with Gasteiger partial charge in [-0.3, -0.25) is 18.9 Å². The molecule has 4 aromatic rings. The van der Waals surface area contributed by atoms with Crippen molar-refractivity contribution in [2.45, 2.75) is 31.7 Å². The van der Waals surface area contributed by atoms with Crippen molar-refractivity contribution in [2.75, 3.05) is 33.4 Å². The second-order valence-corrected chi connectivity index (χ2v) is 10.8. The highest BCUT2D eigenvalue weighted by Crippen LogP contribution is 2.32. The summed E-state index contributed by atoms with van der Waals surface area (Å²) in [5.41, 5.74) is 4.30. The molecule has 2 aliphatic heterocycles. The van der Waals surface area contributed by atoms with E-state index in [2.05, 4.69) is 14.6 Å². The van der Waals surface area contributed by atoms with Gasteiger partial charge >= 0.3 is 0 Å². The summed E-state index contributed by atoms with van der Waals surface area (Å²) < 4.78 is 8.66. The number of ether oxygens (including phenoxy) is 1. The Morgan fingerprint density at radius 2 is 1.86 bits per heavy atom. The Balaban J connectivity index is 1.16. The van der Waals surface area contributed by atoms with Crippen LogP contribution >= 0.6 is 11.3 Å². The molecule has 1 atom stereocenters. The number of nitrogens with one attached hydrogen (secondary N) is 1. The molecule has 0 bridgehead atoms. The van der Waals surface area contributed by atoms with Gasteiger partial charge in [-0.25, -0.2) is 4.98 Å². The Kier molecular flexibility index (Phi) is 6.33. The van der Waals surface area contributed by atoms with E-state index in [1.54, 1.807) is 18.4 Å². The van der Waals surface area contributed by atoms with Gasteiger partial charge in [-0.05, 0) is 62.1 Å². The summed E-state index contributed by atoms with van der Waals surface area (Å²) in [7, 11) is 1.63. The number of carbonyl (C=O) groups excluding carboxylic acids is 2. The monoisotopic (exact) mass is 502 g/mol. The Labute approximate surface area is 214 Å². The van der Waals surface area contributed by atoms with Gasteiger partial charge < -0.3 is 10.1 Å². The van der Waals surface area contributed by atoms with Crippen LogP contribution in [-0.2, 0) is 4.74 Å². The maximum absolute atomic E-state index is 13.1. The molecule has 0 unspecified atom stereocenters. The summed E-state index contributed by atoms with van der Waals surface area (Å²) in [6, 6.07) is 14.1. The molecule has 6 rings (SSSR count). The van der Waals surface area contributed by atoms with E-state index in [-0.39, 0.29) is 11.7 Å². The molecule has 1 amide bonds. The van der Waals surface area contributed by atoms with Crippen LogP contribution < -0.4 is 5.32 Å². The maximum Gasteiger partial charge on any atom is 0.251 e. The van der Waals surface area contributed by atoms with E-state index in [1.807, 2.05) is 48.7 Å². The standard InChI is InChI=1S/C28H30N4O3S/c1-29-27(34)20-4-2-19(3-5-20)23-17-32-24-7-6-21(15-26(24)36-28(32)30-23)25(33)14-18-8-11-31(16-18)22-9-12-35-13-10-22/h2-7,15,17-18,22H,8-14,16H2,1H3,(H,29,34)/t18-/m1/s1. The van der Waals surface area contributed by atoms with E-state index in [4.69, 9.17) is 9.72 Å². The average molecular weight is 503 g/mol. The summed E-state index contributed by atoms with van der Waals surface area (Å²) >= 11 is 1.60. The molecule has 0 aliphatic carbocycles. The van der Waals surface area contributed by atoms with Gasteiger partial charge in [0.1, 0.15) is 0 Å². The lowest BCUT2D eigenvalue weighted by atomic mass is 9.97. The average Bonchev–Trinajstić information content (AvgIpc) is 3.63. The number of ketones is 1. The number of amides is 1. The number of imidazole rings is 1. The van der Waals surface area contributed by atoms with Crippen LogP contribution in [-0.4, -0.2) is 65.4 Å². The van der Waals surface area contributed by atoms with E-state index < -0.39 is 0 Å². The van der Waals surface area contributed by atoms with Crippen LogP contribution in [0, 0.1) is 5.92 Å². The maximum atomic E-state index is 13.1. The molecule has 8 heteroatoms. The molecule has 4 heterocycles. The van der Waals surface area contributed by atoms with Crippen LogP contribution in [0.3, 0.4) is 0 Å². The van der Waals surface area contributed by atoms with E-state index in [1.165, 1.54) is 0 Å². The molecule has 2 aromatic heterocycles. The van der Waals surface area contributed by atoms with E-state index >= 15 is 0 Å². The highest BCUT2D eigenvalue weighted by atomic mass is 32.1. The number of carbonyl (C=O) groups is 2. The number of Topliss-reactive ketones (excluding diaryl/α,β-unsaturated/α-hetero) is 1. The van der Waals surface area contributed by atoms with Crippen LogP contribution in [0.2, 0.25) is 0 Å². The fourth-order valence-corrected chi connectivity index (χ4v) is 6.59. The highest BCUT2D eigenvalue weighted by Gasteiger charge is 2.30. The Morgan fingerprint density at radius 1 is 1.08 bits per heavy atom. The quantitative estimate of drug-likeness (QED) is 0.389. The van der Waals surface area contributed by atoms with Crippen LogP contribution in [0.4, 0.5) is 0 Å². The van der Waals surface area contributed by atoms with Gasteiger partial charge in [-0.1, -0.05) is 23.5 Å². The second-order valence-electron chi connectivity index (χ2n) is 9.84. The number of hydrogen-bond donors (Lipinski definition) is 1. The van der Waals surface area contributed by atoms with Gasteiger partial charge in [-0.2, -0.15) is 0 Å². The van der Waals surface area contributed by atoms with Crippen molar-refractivity contribution < 1.29 is 14.3 Å². The highest BCUT2D eigenvalue weighted by molar-refractivity contribution is 7.23. The number of rotatable bonds is 6. The number of aromatic nitrogens is 2. The number of fused-ring (bicyclic) bond motifs is 3. The number of hydrogen-bond acceptors (Lipinski definition) is 6. The third kappa shape index (κ3) is 4.45. The zero-order valence-electron chi connectivity index (χ0n) is 20.4. The first kappa shape index (κ1) is 23.3. The van der Waals surface area contributed by atoms with Gasteiger partial charge in [0.15, 0.2) is 10.7 Å². The van der Waals surface area contributed by atoms with Gasteiger partial charge in [-0.15, -0.1) is 0 Å². The summed E-state index contributed by atoms with van der Waals surface area (Å²) in [6.45, 7) is 3.85. The molecule has 1 N–H and O–H groups in total. The minimum Gasteiger partial charge on any atom is -0.381 e. The zero-order chi connectivity index (χ0) is 24.6. The largest absolute Gasteiger partial charge is 0.381 e. The van der Waals surface area contributed by atoms with Crippen molar-refractivity contribution in [2.24, 2.45) is 5.92 Å². The lowest BCUT2D eigenvalue weighted by Crippen LogP contribution is -2.37. The fourth-order valence-electron chi connectivity index (χ4n) is 5.54. The SMILES string of the molecule is CNC(=O)c1ccc(-c2cn3c(n2)sc2cc(C(=O)C[C@H]4CCN(C5CCOCC5)C4)ccc23)cc1. The molecule has 2 fully saturated rings. The molecule has 2 aliphatic rings. The Hall–Kier alpha value is -3.07. The van der Waals surface area contributed by atoms with Crippen molar-refractivity contribution in [1.29, 1.82) is 0 Å². The molecule has 7 nitrogen and oxygen atoms in total. The molecular formula is C28H30N4O3S. The van der Waals surface area contributed by atoms with Crippen molar-refractivity contribution in [1.82, 2.24) is 19.6 Å². The fraction of sp³-hybridized carbons (Fsp3) is 0.393. The number of thiazole rings is 1. The van der Waals surface area contributed by atoms with E-state index in [0.717, 1.165) is 77.6 Å². The topological polar surface area (TPSA) is 75.9 Å². The van der Waals surface area contributed by atoms with Crippen LogP contribution in [0.25, 0.3) is 26.4 Å². The first-order valence-electron chi connectivity index (χ1n) is 12.7. The van der Waals surface area contributed by atoms with E-state index in [0.29, 0.717) is 23.9 Å². The van der Waals surface area contributed by atoms with Gasteiger partial charge in [0, 0.05) is 62.2 Å². The van der Waals surface area contributed by atoms with Gasteiger partial charge in [0.05, 0.1) is 15.9 Å². The number of benzene rings is 2. The number of likely N-dealkylation sites (tertiary alicyclic amines) is 1. The molecule has 0 radical (unpaired) electrons. The third-order valence-corrected chi connectivity index (χ3v) is 8.60. The molecule has 0 saturated carbocycles. The normalized spacial score (nSPS) is 19.3. The van der Waals surface area contributed by atoms with Gasteiger partial charge in [0.2, 0.25) is 0 Å². The molecule has 36 heavy (non-hydrogen) atoms. The second kappa shape index (κ2) is 9.76. The minimum absolute atomic E-state index is 0.103. The Bertz CT molecular complexity index is 1420. The van der Waals surface area contributed by atoms with Crippen LogP contribution in [0.15, 0.2) is 48.7 Å². The lowest BCUT2D eigenvalue weighted by molar-refractivity contribution is 0.0409. The summed E-state index contributed by atoms with van der Waals surface area (Å²) in [5, 5.41) is 2.64. The summed E-state index contributed by atoms with van der Waals surface area (Å²) in [4.78, 5) is 33.2. The smallest absolute Gasteiger partial charge is 0.251 e. The van der Waals surface area contributed by atoms with Crippen LogP contribution in [0.1, 0.15) is 46.4 Å².